The molecule has 5 nitrogen and oxygen atoms in total. The molecule has 1 aliphatic heterocycles. The van der Waals surface area contributed by atoms with Gasteiger partial charge in [0.2, 0.25) is 11.8 Å². The standard InChI is InChI=1S/C13H25N3O2.ClH/c1-3-4-12(17)15-9-13(18)16-6-5-10(2)7-11(16)8-14;/h10-11H,3-9,14H2,1-2H3,(H,15,17);1H. The molecule has 0 bridgehead atoms. The third kappa shape index (κ3) is 5.78. The lowest BCUT2D eigenvalue weighted by Gasteiger charge is -2.38. The Morgan fingerprint density at radius 3 is 2.68 bits per heavy atom. The Morgan fingerprint density at radius 2 is 2.11 bits per heavy atom. The molecule has 0 saturated carbocycles. The van der Waals surface area contributed by atoms with Crippen molar-refractivity contribution >= 4 is 24.2 Å². The second-order valence-electron chi connectivity index (χ2n) is 5.13. The summed E-state index contributed by atoms with van der Waals surface area (Å²) in [5.74, 6) is 0.555. The van der Waals surface area contributed by atoms with Crippen LogP contribution < -0.4 is 11.1 Å². The van der Waals surface area contributed by atoms with Crippen LogP contribution in [0.2, 0.25) is 0 Å². The van der Waals surface area contributed by atoms with E-state index in [-0.39, 0.29) is 36.8 Å². The molecule has 1 fully saturated rings. The molecule has 0 aromatic heterocycles. The van der Waals surface area contributed by atoms with Gasteiger partial charge in [0.25, 0.3) is 0 Å². The third-order valence-corrected chi connectivity index (χ3v) is 3.48. The molecule has 0 spiro atoms. The molecule has 112 valence electrons. The lowest BCUT2D eigenvalue weighted by Crippen LogP contribution is -2.52. The van der Waals surface area contributed by atoms with Gasteiger partial charge in [-0.2, -0.15) is 0 Å². The number of hydrogen-bond acceptors (Lipinski definition) is 3. The van der Waals surface area contributed by atoms with Crippen molar-refractivity contribution in [2.75, 3.05) is 19.6 Å². The summed E-state index contributed by atoms with van der Waals surface area (Å²) in [5.41, 5.74) is 5.72. The predicted molar refractivity (Wildman–Crippen MR) is 78.1 cm³/mol. The van der Waals surface area contributed by atoms with E-state index >= 15 is 0 Å². The first kappa shape index (κ1) is 18.2. The van der Waals surface area contributed by atoms with Crippen molar-refractivity contribution in [2.24, 2.45) is 11.7 Å². The molecule has 2 amide bonds. The van der Waals surface area contributed by atoms with Crippen LogP contribution in [0.15, 0.2) is 0 Å². The monoisotopic (exact) mass is 291 g/mol. The fraction of sp³-hybridized carbons (Fsp3) is 0.846. The first-order valence-corrected chi connectivity index (χ1v) is 6.84. The van der Waals surface area contributed by atoms with Crippen LogP contribution in [0.25, 0.3) is 0 Å². The fourth-order valence-electron chi connectivity index (χ4n) is 2.39. The van der Waals surface area contributed by atoms with Crippen LogP contribution in [0.4, 0.5) is 0 Å². The zero-order valence-electron chi connectivity index (χ0n) is 11.9. The number of amides is 2. The molecule has 1 rings (SSSR count). The van der Waals surface area contributed by atoms with Crippen molar-refractivity contribution in [1.82, 2.24) is 10.2 Å². The van der Waals surface area contributed by atoms with Gasteiger partial charge in [-0.3, -0.25) is 9.59 Å². The van der Waals surface area contributed by atoms with Gasteiger partial charge in [0.05, 0.1) is 6.54 Å². The predicted octanol–water partition coefficient (Wildman–Crippen LogP) is 0.910. The molecule has 3 N–H and O–H groups in total. The van der Waals surface area contributed by atoms with Gasteiger partial charge in [-0.05, 0) is 25.2 Å². The lowest BCUT2D eigenvalue weighted by molar-refractivity contribution is -0.136. The van der Waals surface area contributed by atoms with E-state index in [1.165, 1.54) is 0 Å². The van der Waals surface area contributed by atoms with Crippen LogP contribution in [0.1, 0.15) is 39.5 Å². The molecule has 19 heavy (non-hydrogen) atoms. The van der Waals surface area contributed by atoms with Gasteiger partial charge in [0, 0.05) is 25.6 Å². The number of nitrogens with two attached hydrogens (primary N) is 1. The van der Waals surface area contributed by atoms with Gasteiger partial charge in [-0.1, -0.05) is 13.8 Å². The maximum absolute atomic E-state index is 12.0. The minimum absolute atomic E-state index is 0. The highest BCUT2D eigenvalue weighted by Gasteiger charge is 2.28. The lowest BCUT2D eigenvalue weighted by atomic mass is 9.92. The number of carbonyl (C=O) groups excluding carboxylic acids is 2. The Kier molecular flexibility index (Phi) is 8.76. The van der Waals surface area contributed by atoms with E-state index in [9.17, 15) is 9.59 Å². The van der Waals surface area contributed by atoms with Crippen LogP contribution in [0.5, 0.6) is 0 Å². The molecular formula is C13H26ClN3O2. The van der Waals surface area contributed by atoms with Crippen LogP contribution in [0, 0.1) is 5.92 Å². The molecule has 6 heteroatoms. The molecule has 2 atom stereocenters. The van der Waals surface area contributed by atoms with Gasteiger partial charge >= 0.3 is 0 Å². The Bertz CT molecular complexity index is 300. The molecular weight excluding hydrogens is 266 g/mol. The van der Waals surface area contributed by atoms with E-state index in [0.717, 1.165) is 25.8 Å². The van der Waals surface area contributed by atoms with Gasteiger partial charge in [-0.25, -0.2) is 0 Å². The number of nitrogens with zero attached hydrogens (tertiary/aromatic N) is 1. The van der Waals surface area contributed by atoms with Gasteiger partial charge in [-0.15, -0.1) is 12.4 Å². The molecule has 2 unspecified atom stereocenters. The molecule has 0 radical (unpaired) electrons. The summed E-state index contributed by atoms with van der Waals surface area (Å²) in [4.78, 5) is 25.2. The van der Waals surface area contributed by atoms with E-state index in [2.05, 4.69) is 12.2 Å². The first-order valence-electron chi connectivity index (χ1n) is 6.84. The minimum Gasteiger partial charge on any atom is -0.347 e. The van der Waals surface area contributed by atoms with Crippen LogP contribution in [0.3, 0.4) is 0 Å². The minimum atomic E-state index is -0.0551. The van der Waals surface area contributed by atoms with Crippen molar-refractivity contribution in [2.45, 2.75) is 45.6 Å². The Morgan fingerprint density at radius 1 is 1.42 bits per heavy atom. The van der Waals surface area contributed by atoms with Gasteiger partial charge < -0.3 is 16.0 Å². The number of rotatable bonds is 5. The van der Waals surface area contributed by atoms with E-state index in [0.29, 0.717) is 18.9 Å². The van der Waals surface area contributed by atoms with Crippen molar-refractivity contribution in [3.63, 3.8) is 0 Å². The molecule has 0 aliphatic carbocycles. The number of nitrogens with one attached hydrogen (secondary N) is 1. The van der Waals surface area contributed by atoms with Crippen LogP contribution in [-0.4, -0.2) is 42.4 Å². The van der Waals surface area contributed by atoms with Crippen molar-refractivity contribution < 1.29 is 9.59 Å². The van der Waals surface area contributed by atoms with Crippen LogP contribution >= 0.6 is 12.4 Å². The topological polar surface area (TPSA) is 75.4 Å². The van der Waals surface area contributed by atoms with Gasteiger partial charge in [0.1, 0.15) is 0 Å². The summed E-state index contributed by atoms with van der Waals surface area (Å²) >= 11 is 0. The maximum atomic E-state index is 12.0. The summed E-state index contributed by atoms with van der Waals surface area (Å²) < 4.78 is 0. The fourth-order valence-corrected chi connectivity index (χ4v) is 2.39. The highest BCUT2D eigenvalue weighted by molar-refractivity contribution is 5.85. The van der Waals surface area contributed by atoms with E-state index in [1.54, 1.807) is 0 Å². The van der Waals surface area contributed by atoms with Crippen LogP contribution in [-0.2, 0) is 9.59 Å². The summed E-state index contributed by atoms with van der Waals surface area (Å²) in [5, 5.41) is 2.67. The summed E-state index contributed by atoms with van der Waals surface area (Å²) in [7, 11) is 0. The average molecular weight is 292 g/mol. The molecule has 1 saturated heterocycles. The Balaban J connectivity index is 0.00000324. The van der Waals surface area contributed by atoms with E-state index < -0.39 is 0 Å². The van der Waals surface area contributed by atoms with Crippen molar-refractivity contribution in [3.8, 4) is 0 Å². The Labute approximate surface area is 121 Å². The molecule has 1 aliphatic rings. The van der Waals surface area contributed by atoms with Crippen molar-refractivity contribution in [3.05, 3.63) is 0 Å². The highest BCUT2D eigenvalue weighted by atomic mass is 35.5. The second kappa shape index (κ2) is 9.15. The number of hydrogen-bond donors (Lipinski definition) is 2. The zero-order valence-corrected chi connectivity index (χ0v) is 12.7. The first-order chi connectivity index (χ1) is 8.58. The van der Waals surface area contributed by atoms with Crippen molar-refractivity contribution in [1.29, 1.82) is 0 Å². The van der Waals surface area contributed by atoms with E-state index in [4.69, 9.17) is 5.73 Å². The molecule has 1 heterocycles. The number of likely N-dealkylation sites (tertiary alicyclic amines) is 1. The summed E-state index contributed by atoms with van der Waals surface area (Å²) in [6, 6.07) is 0.129. The molecule has 0 aromatic carbocycles. The molecule has 0 aromatic rings. The second-order valence-corrected chi connectivity index (χ2v) is 5.13. The smallest absolute Gasteiger partial charge is 0.242 e. The quantitative estimate of drug-likeness (QED) is 0.790. The summed E-state index contributed by atoms with van der Waals surface area (Å²) in [6.07, 6.45) is 3.26. The van der Waals surface area contributed by atoms with E-state index in [1.807, 2.05) is 11.8 Å². The van der Waals surface area contributed by atoms with Gasteiger partial charge in [0.15, 0.2) is 0 Å². The highest BCUT2D eigenvalue weighted by Crippen LogP contribution is 2.21. The summed E-state index contributed by atoms with van der Waals surface area (Å²) in [6.45, 7) is 5.49. The number of piperidine rings is 1. The number of carbonyl (C=O) groups is 2. The normalized spacial score (nSPS) is 22.6. The largest absolute Gasteiger partial charge is 0.347 e. The maximum Gasteiger partial charge on any atom is 0.242 e. The number of halogens is 1. The SMILES string of the molecule is CCCC(=O)NCC(=O)N1CCC(C)CC1CN.Cl. The zero-order chi connectivity index (χ0) is 13.5. The third-order valence-electron chi connectivity index (χ3n) is 3.48. The Hall–Kier alpha value is -0.810. The average Bonchev–Trinajstić information content (AvgIpc) is 2.36.